The minimum atomic E-state index is -0.269. The molecule has 0 spiro atoms. The molecule has 1 aliphatic rings. The molecule has 1 saturated heterocycles. The third-order valence-electron chi connectivity index (χ3n) is 3.48. The molecule has 0 bridgehead atoms. The highest BCUT2D eigenvalue weighted by molar-refractivity contribution is 9.10. The van der Waals surface area contributed by atoms with Crippen LogP contribution >= 0.6 is 15.9 Å². The Morgan fingerprint density at radius 2 is 2.29 bits per heavy atom. The molecule has 1 aromatic rings. The molecule has 1 aromatic heterocycles. The lowest BCUT2D eigenvalue weighted by molar-refractivity contribution is -0.00427. The van der Waals surface area contributed by atoms with Gasteiger partial charge in [-0.2, -0.15) is 5.10 Å². The van der Waals surface area contributed by atoms with Crippen molar-refractivity contribution < 1.29 is 4.74 Å². The van der Waals surface area contributed by atoms with Crippen LogP contribution in [0.2, 0.25) is 0 Å². The van der Waals surface area contributed by atoms with Crippen LogP contribution in [0.15, 0.2) is 10.7 Å². The zero-order valence-corrected chi connectivity index (χ0v) is 12.2. The summed E-state index contributed by atoms with van der Waals surface area (Å²) in [5, 5.41) is 4.37. The van der Waals surface area contributed by atoms with Crippen LogP contribution in [0.25, 0.3) is 0 Å². The van der Waals surface area contributed by atoms with Gasteiger partial charge in [-0.1, -0.05) is 0 Å². The fourth-order valence-electron chi connectivity index (χ4n) is 2.39. The van der Waals surface area contributed by atoms with Crippen molar-refractivity contribution in [2.45, 2.75) is 51.3 Å². The Balaban J connectivity index is 2.36. The van der Waals surface area contributed by atoms with Gasteiger partial charge in [0.15, 0.2) is 0 Å². The fourth-order valence-corrected chi connectivity index (χ4v) is 2.91. The number of halogens is 1. The molecule has 0 saturated carbocycles. The molecule has 2 rings (SSSR count). The standard InChI is InChI=1S/C12H20BrN3O/c1-8(2)16-10(9(13)7-15-16)11(14)12(3)5-4-6-17-12/h7-8,11H,4-6,14H2,1-3H3. The first-order valence-corrected chi connectivity index (χ1v) is 6.87. The largest absolute Gasteiger partial charge is 0.373 e. The van der Waals surface area contributed by atoms with Crippen molar-refractivity contribution in [3.05, 3.63) is 16.4 Å². The molecule has 5 heteroatoms. The Labute approximate surface area is 111 Å². The van der Waals surface area contributed by atoms with Gasteiger partial charge in [0.2, 0.25) is 0 Å². The second-order valence-corrected chi connectivity index (χ2v) is 6.01. The predicted molar refractivity (Wildman–Crippen MR) is 70.8 cm³/mol. The summed E-state index contributed by atoms with van der Waals surface area (Å²) in [6, 6.07) is 0.150. The van der Waals surface area contributed by atoms with Crippen LogP contribution in [-0.2, 0) is 4.74 Å². The number of hydrogen-bond donors (Lipinski definition) is 1. The van der Waals surface area contributed by atoms with Crippen LogP contribution in [0.1, 0.15) is 51.4 Å². The van der Waals surface area contributed by atoms with E-state index in [1.54, 1.807) is 0 Å². The van der Waals surface area contributed by atoms with Gasteiger partial charge in [-0.05, 0) is 49.5 Å². The molecule has 2 heterocycles. The van der Waals surface area contributed by atoms with Crippen molar-refractivity contribution in [3.63, 3.8) is 0 Å². The van der Waals surface area contributed by atoms with Crippen LogP contribution in [-0.4, -0.2) is 22.0 Å². The lowest BCUT2D eigenvalue weighted by atomic mass is 9.91. The van der Waals surface area contributed by atoms with Crippen LogP contribution in [0.4, 0.5) is 0 Å². The summed E-state index contributed by atoms with van der Waals surface area (Å²) in [5.74, 6) is 0. The molecule has 0 amide bonds. The van der Waals surface area contributed by atoms with Gasteiger partial charge in [0.25, 0.3) is 0 Å². The van der Waals surface area contributed by atoms with E-state index in [0.29, 0.717) is 6.04 Å². The zero-order valence-electron chi connectivity index (χ0n) is 10.6. The second kappa shape index (κ2) is 4.71. The van der Waals surface area contributed by atoms with Crippen molar-refractivity contribution in [2.75, 3.05) is 6.61 Å². The van der Waals surface area contributed by atoms with E-state index in [0.717, 1.165) is 29.6 Å². The SMILES string of the molecule is CC(C)n1ncc(Br)c1C(N)C1(C)CCCO1. The van der Waals surface area contributed by atoms with Gasteiger partial charge in [0, 0.05) is 12.6 Å². The fraction of sp³-hybridized carbons (Fsp3) is 0.750. The van der Waals surface area contributed by atoms with E-state index in [4.69, 9.17) is 10.5 Å². The van der Waals surface area contributed by atoms with E-state index in [9.17, 15) is 0 Å². The molecule has 17 heavy (non-hydrogen) atoms. The molecular weight excluding hydrogens is 282 g/mol. The summed E-state index contributed by atoms with van der Waals surface area (Å²) in [5.41, 5.74) is 7.17. The average Bonchev–Trinajstić information content (AvgIpc) is 2.85. The highest BCUT2D eigenvalue weighted by Crippen LogP contribution is 2.38. The van der Waals surface area contributed by atoms with Gasteiger partial charge in [0.1, 0.15) is 0 Å². The van der Waals surface area contributed by atoms with Gasteiger partial charge in [-0.25, -0.2) is 0 Å². The first-order valence-electron chi connectivity index (χ1n) is 6.08. The van der Waals surface area contributed by atoms with Gasteiger partial charge in [-0.3, -0.25) is 4.68 Å². The minimum absolute atomic E-state index is 0.149. The Hall–Kier alpha value is -0.390. The third-order valence-corrected chi connectivity index (χ3v) is 4.09. The summed E-state index contributed by atoms with van der Waals surface area (Å²) in [6.07, 6.45) is 3.90. The lowest BCUT2D eigenvalue weighted by Gasteiger charge is -2.31. The van der Waals surface area contributed by atoms with Crippen molar-refractivity contribution in [1.29, 1.82) is 0 Å². The van der Waals surface area contributed by atoms with E-state index in [1.807, 2.05) is 10.9 Å². The monoisotopic (exact) mass is 301 g/mol. The lowest BCUT2D eigenvalue weighted by Crippen LogP contribution is -2.39. The molecule has 1 aliphatic heterocycles. The summed E-state index contributed by atoms with van der Waals surface area (Å²) in [4.78, 5) is 0. The number of rotatable bonds is 3. The van der Waals surface area contributed by atoms with Crippen LogP contribution in [0, 0.1) is 0 Å². The number of ether oxygens (including phenoxy) is 1. The third kappa shape index (κ3) is 2.28. The summed E-state index contributed by atoms with van der Waals surface area (Å²) in [6.45, 7) is 7.10. The smallest absolute Gasteiger partial charge is 0.0862 e. The Morgan fingerprint density at radius 3 is 2.82 bits per heavy atom. The van der Waals surface area contributed by atoms with Gasteiger partial charge < -0.3 is 10.5 Å². The van der Waals surface area contributed by atoms with Crippen molar-refractivity contribution >= 4 is 15.9 Å². The van der Waals surface area contributed by atoms with Crippen molar-refractivity contribution in [3.8, 4) is 0 Å². The van der Waals surface area contributed by atoms with Crippen LogP contribution in [0.5, 0.6) is 0 Å². The van der Waals surface area contributed by atoms with E-state index in [1.165, 1.54) is 0 Å². The maximum Gasteiger partial charge on any atom is 0.0862 e. The van der Waals surface area contributed by atoms with Crippen molar-refractivity contribution in [2.24, 2.45) is 5.73 Å². The zero-order chi connectivity index (χ0) is 12.6. The van der Waals surface area contributed by atoms with Gasteiger partial charge in [0.05, 0.1) is 28.0 Å². The summed E-state index contributed by atoms with van der Waals surface area (Å²) < 4.78 is 8.77. The van der Waals surface area contributed by atoms with Crippen molar-refractivity contribution in [1.82, 2.24) is 9.78 Å². The molecule has 2 atom stereocenters. The van der Waals surface area contributed by atoms with Crippen LogP contribution < -0.4 is 5.73 Å². The number of aromatic nitrogens is 2. The van der Waals surface area contributed by atoms with Crippen LogP contribution in [0.3, 0.4) is 0 Å². The maximum atomic E-state index is 6.40. The number of hydrogen-bond acceptors (Lipinski definition) is 3. The average molecular weight is 302 g/mol. The molecule has 2 unspecified atom stereocenters. The number of nitrogens with zero attached hydrogens (tertiary/aromatic N) is 2. The molecule has 1 fully saturated rings. The molecular formula is C12H20BrN3O. The highest BCUT2D eigenvalue weighted by atomic mass is 79.9. The Bertz CT molecular complexity index is 396. The Morgan fingerprint density at radius 1 is 1.59 bits per heavy atom. The van der Waals surface area contributed by atoms with Gasteiger partial charge in [-0.15, -0.1) is 0 Å². The van der Waals surface area contributed by atoms with E-state index < -0.39 is 0 Å². The van der Waals surface area contributed by atoms with Gasteiger partial charge >= 0.3 is 0 Å². The first kappa shape index (κ1) is 13.1. The maximum absolute atomic E-state index is 6.40. The molecule has 0 aliphatic carbocycles. The normalized spacial score (nSPS) is 26.7. The second-order valence-electron chi connectivity index (χ2n) is 5.16. The molecule has 0 aromatic carbocycles. The minimum Gasteiger partial charge on any atom is -0.373 e. The quantitative estimate of drug-likeness (QED) is 0.934. The predicted octanol–water partition coefficient (Wildman–Crippen LogP) is 2.80. The van der Waals surface area contributed by atoms with E-state index >= 15 is 0 Å². The summed E-state index contributed by atoms with van der Waals surface area (Å²) in [7, 11) is 0. The highest BCUT2D eigenvalue weighted by Gasteiger charge is 2.39. The topological polar surface area (TPSA) is 53.1 Å². The molecule has 0 radical (unpaired) electrons. The molecule has 4 nitrogen and oxygen atoms in total. The molecule has 2 N–H and O–H groups in total. The summed E-state index contributed by atoms with van der Waals surface area (Å²) >= 11 is 3.54. The molecule has 96 valence electrons. The van der Waals surface area contributed by atoms with E-state index in [-0.39, 0.29) is 11.6 Å². The number of nitrogens with two attached hydrogens (primary N) is 1. The van der Waals surface area contributed by atoms with E-state index in [2.05, 4.69) is 41.8 Å². The first-order chi connectivity index (χ1) is 7.96. The Kier molecular flexibility index (Phi) is 3.61.